The third-order valence-corrected chi connectivity index (χ3v) is 4.72. The normalized spacial score (nSPS) is 11.1. The molecule has 4 rings (SSSR count). The summed E-state index contributed by atoms with van der Waals surface area (Å²) in [7, 11) is 1.70. The molecule has 6 nitrogen and oxygen atoms in total. The number of hydrogen-bond acceptors (Lipinski definition) is 4. The maximum atomic E-state index is 12.3. The molecule has 4 aromatic rings. The standard InChI is InChI=1S/C20H17ClN4O2/c1-11-4-3-5-16(21)18(11)27-19-14(8-12(22)9-24-19)15-10-25(2)20(26)17-13(15)6-7-23-17/h3-10,23H,22H2,1-2H3. The minimum absolute atomic E-state index is 0.111. The molecule has 0 radical (unpaired) electrons. The second kappa shape index (κ2) is 6.48. The number of benzene rings is 1. The zero-order valence-electron chi connectivity index (χ0n) is 14.8. The van der Waals surface area contributed by atoms with Crippen LogP contribution in [0.15, 0.2) is 53.7 Å². The number of nitrogens with one attached hydrogen (secondary N) is 1. The Kier molecular flexibility index (Phi) is 4.12. The van der Waals surface area contributed by atoms with Crippen molar-refractivity contribution < 1.29 is 4.74 Å². The summed E-state index contributed by atoms with van der Waals surface area (Å²) in [5.41, 5.74) is 9.23. The van der Waals surface area contributed by atoms with Gasteiger partial charge in [-0.15, -0.1) is 0 Å². The molecule has 7 heteroatoms. The van der Waals surface area contributed by atoms with Gasteiger partial charge in [-0.3, -0.25) is 4.79 Å². The smallest absolute Gasteiger partial charge is 0.274 e. The molecule has 0 aliphatic heterocycles. The van der Waals surface area contributed by atoms with E-state index in [-0.39, 0.29) is 5.56 Å². The SMILES string of the molecule is Cc1cccc(Cl)c1Oc1ncc(N)cc1-c1cn(C)c(=O)c2[nH]ccc12. The van der Waals surface area contributed by atoms with Crippen LogP contribution in [0.1, 0.15) is 5.56 Å². The van der Waals surface area contributed by atoms with Gasteiger partial charge in [-0.2, -0.15) is 0 Å². The summed E-state index contributed by atoms with van der Waals surface area (Å²) >= 11 is 6.30. The molecule has 136 valence electrons. The molecular formula is C20H17ClN4O2. The van der Waals surface area contributed by atoms with E-state index in [9.17, 15) is 4.79 Å². The number of aryl methyl sites for hydroxylation is 2. The van der Waals surface area contributed by atoms with Gasteiger partial charge >= 0.3 is 0 Å². The van der Waals surface area contributed by atoms with Crippen LogP contribution in [-0.2, 0) is 7.05 Å². The summed E-state index contributed by atoms with van der Waals surface area (Å²) in [5, 5.41) is 1.26. The third-order valence-electron chi connectivity index (χ3n) is 4.42. The highest BCUT2D eigenvalue weighted by atomic mass is 35.5. The first-order chi connectivity index (χ1) is 13.0. The number of anilines is 1. The van der Waals surface area contributed by atoms with Crippen molar-refractivity contribution in [3.8, 4) is 22.8 Å². The number of aromatic nitrogens is 3. The van der Waals surface area contributed by atoms with Crippen molar-refractivity contribution in [2.24, 2.45) is 7.05 Å². The molecule has 0 aliphatic carbocycles. The van der Waals surface area contributed by atoms with E-state index in [0.717, 1.165) is 16.5 Å². The number of para-hydroxylation sites is 1. The first kappa shape index (κ1) is 17.2. The van der Waals surface area contributed by atoms with Crippen molar-refractivity contribution in [1.29, 1.82) is 0 Å². The molecule has 27 heavy (non-hydrogen) atoms. The summed E-state index contributed by atoms with van der Waals surface area (Å²) in [6.45, 7) is 1.91. The van der Waals surface area contributed by atoms with Crippen LogP contribution in [-0.4, -0.2) is 14.5 Å². The zero-order chi connectivity index (χ0) is 19.1. The summed E-state index contributed by atoms with van der Waals surface area (Å²) in [6.07, 6.45) is 5.01. The molecule has 0 spiro atoms. The first-order valence-corrected chi connectivity index (χ1v) is 8.69. The van der Waals surface area contributed by atoms with Crippen molar-refractivity contribution >= 4 is 28.2 Å². The third kappa shape index (κ3) is 2.94. The highest BCUT2D eigenvalue weighted by molar-refractivity contribution is 6.32. The van der Waals surface area contributed by atoms with Gasteiger partial charge in [-0.05, 0) is 30.7 Å². The number of aromatic amines is 1. The van der Waals surface area contributed by atoms with Gasteiger partial charge in [0.05, 0.1) is 16.9 Å². The molecule has 3 N–H and O–H groups in total. The van der Waals surface area contributed by atoms with Crippen LogP contribution in [0.2, 0.25) is 5.02 Å². The highest BCUT2D eigenvalue weighted by Gasteiger charge is 2.17. The van der Waals surface area contributed by atoms with E-state index < -0.39 is 0 Å². The molecule has 0 amide bonds. The minimum Gasteiger partial charge on any atom is -0.437 e. The van der Waals surface area contributed by atoms with Crippen LogP contribution in [0.3, 0.4) is 0 Å². The van der Waals surface area contributed by atoms with Gasteiger partial charge < -0.3 is 20.0 Å². The zero-order valence-corrected chi connectivity index (χ0v) is 15.5. The molecule has 0 bridgehead atoms. The number of hydrogen-bond donors (Lipinski definition) is 2. The summed E-state index contributed by atoms with van der Waals surface area (Å²) < 4.78 is 7.60. The van der Waals surface area contributed by atoms with E-state index in [0.29, 0.717) is 33.4 Å². The van der Waals surface area contributed by atoms with Gasteiger partial charge in [0, 0.05) is 36.0 Å². The lowest BCUT2D eigenvalue weighted by molar-refractivity contribution is 0.462. The lowest BCUT2D eigenvalue weighted by Gasteiger charge is -2.15. The molecule has 3 heterocycles. The average Bonchev–Trinajstić information content (AvgIpc) is 3.12. The Balaban J connectivity index is 1.95. The molecule has 0 saturated carbocycles. The fourth-order valence-corrected chi connectivity index (χ4v) is 3.33. The van der Waals surface area contributed by atoms with Crippen molar-refractivity contribution in [2.45, 2.75) is 6.92 Å². The van der Waals surface area contributed by atoms with Gasteiger partial charge in [0.15, 0.2) is 5.75 Å². The van der Waals surface area contributed by atoms with E-state index >= 15 is 0 Å². The molecule has 0 fully saturated rings. The number of H-pyrrole nitrogens is 1. The maximum Gasteiger partial charge on any atom is 0.274 e. The highest BCUT2D eigenvalue weighted by Crippen LogP contribution is 2.38. The summed E-state index contributed by atoms with van der Waals surface area (Å²) in [6, 6.07) is 9.16. The predicted octanol–water partition coefficient (Wildman–Crippen LogP) is 4.26. The first-order valence-electron chi connectivity index (χ1n) is 8.31. The lowest BCUT2D eigenvalue weighted by atomic mass is 10.0. The van der Waals surface area contributed by atoms with Crippen molar-refractivity contribution in [2.75, 3.05) is 5.73 Å². The summed E-state index contributed by atoms with van der Waals surface area (Å²) in [4.78, 5) is 19.7. The second-order valence-corrected chi connectivity index (χ2v) is 6.74. The lowest BCUT2D eigenvalue weighted by Crippen LogP contribution is -2.16. The van der Waals surface area contributed by atoms with E-state index in [2.05, 4.69) is 9.97 Å². The fourth-order valence-electron chi connectivity index (χ4n) is 3.07. The summed E-state index contributed by atoms with van der Waals surface area (Å²) in [5.74, 6) is 0.898. The van der Waals surface area contributed by atoms with Crippen molar-refractivity contribution in [3.05, 3.63) is 69.9 Å². The molecule has 3 aromatic heterocycles. The van der Waals surface area contributed by atoms with Crippen molar-refractivity contribution in [3.63, 3.8) is 0 Å². The van der Waals surface area contributed by atoms with Gasteiger partial charge in [-0.1, -0.05) is 23.7 Å². The molecule has 0 aliphatic rings. The number of halogens is 1. The molecule has 1 aromatic carbocycles. The number of pyridine rings is 2. The number of rotatable bonds is 3. The Morgan fingerprint density at radius 3 is 2.85 bits per heavy atom. The topological polar surface area (TPSA) is 85.9 Å². The predicted molar refractivity (Wildman–Crippen MR) is 107 cm³/mol. The van der Waals surface area contributed by atoms with Crippen LogP contribution in [0.5, 0.6) is 11.6 Å². The van der Waals surface area contributed by atoms with Gasteiger partial charge in [0.1, 0.15) is 5.52 Å². The number of nitrogens with zero attached hydrogens (tertiary/aromatic N) is 2. The second-order valence-electron chi connectivity index (χ2n) is 6.33. The fraction of sp³-hybridized carbons (Fsp3) is 0.100. The Hall–Kier alpha value is -3.25. The van der Waals surface area contributed by atoms with Crippen LogP contribution >= 0.6 is 11.6 Å². The molecular weight excluding hydrogens is 364 g/mol. The van der Waals surface area contributed by atoms with E-state index in [1.165, 1.54) is 10.8 Å². The van der Waals surface area contributed by atoms with Crippen LogP contribution in [0, 0.1) is 6.92 Å². The van der Waals surface area contributed by atoms with Crippen LogP contribution in [0.4, 0.5) is 5.69 Å². The van der Waals surface area contributed by atoms with Gasteiger partial charge in [0.25, 0.3) is 5.56 Å². The molecule has 0 unspecified atom stereocenters. The van der Waals surface area contributed by atoms with Gasteiger partial charge in [-0.25, -0.2) is 4.98 Å². The quantitative estimate of drug-likeness (QED) is 0.556. The number of fused-ring (bicyclic) bond motifs is 1. The minimum atomic E-state index is -0.111. The Morgan fingerprint density at radius 2 is 2.07 bits per heavy atom. The number of nitrogen functional groups attached to an aromatic ring is 1. The van der Waals surface area contributed by atoms with E-state index in [1.54, 1.807) is 31.6 Å². The number of nitrogens with two attached hydrogens (primary N) is 1. The largest absolute Gasteiger partial charge is 0.437 e. The Morgan fingerprint density at radius 1 is 1.26 bits per heavy atom. The van der Waals surface area contributed by atoms with Crippen molar-refractivity contribution in [1.82, 2.24) is 14.5 Å². The average molecular weight is 381 g/mol. The van der Waals surface area contributed by atoms with Crippen LogP contribution in [0.25, 0.3) is 22.0 Å². The van der Waals surface area contributed by atoms with Gasteiger partial charge in [0.2, 0.25) is 5.88 Å². The molecule has 0 atom stereocenters. The number of ether oxygens (including phenoxy) is 1. The molecule has 0 saturated heterocycles. The van der Waals surface area contributed by atoms with E-state index in [4.69, 9.17) is 22.1 Å². The Bertz CT molecular complexity index is 1210. The van der Waals surface area contributed by atoms with Crippen LogP contribution < -0.4 is 16.0 Å². The maximum absolute atomic E-state index is 12.3. The Labute approximate surface area is 160 Å². The monoisotopic (exact) mass is 380 g/mol. The van der Waals surface area contributed by atoms with E-state index in [1.807, 2.05) is 25.1 Å².